The Kier molecular flexibility index (Phi) is 5.68. The molecule has 5 heteroatoms. The van der Waals surface area contributed by atoms with Gasteiger partial charge in [-0.15, -0.1) is 0 Å². The molecule has 19 heavy (non-hydrogen) atoms. The summed E-state index contributed by atoms with van der Waals surface area (Å²) < 4.78 is 43.8. The Morgan fingerprint density at radius 3 is 2.37 bits per heavy atom. The number of ether oxygens (including phenoxy) is 1. The van der Waals surface area contributed by atoms with Crippen LogP contribution in [0.1, 0.15) is 38.3 Å². The zero-order valence-electron chi connectivity index (χ0n) is 11.2. The molecule has 1 aromatic rings. The highest BCUT2D eigenvalue weighted by molar-refractivity contribution is 6.32. The van der Waals surface area contributed by atoms with Crippen LogP contribution in [0.4, 0.5) is 13.2 Å². The molecule has 0 amide bonds. The summed E-state index contributed by atoms with van der Waals surface area (Å²) in [6.45, 7) is 5.77. The molecule has 2 unspecified atom stereocenters. The van der Waals surface area contributed by atoms with Crippen LogP contribution in [0.15, 0.2) is 18.2 Å². The minimum atomic E-state index is -4.42. The largest absolute Gasteiger partial charge is 0.417 e. The first kappa shape index (κ1) is 16.3. The van der Waals surface area contributed by atoms with Crippen molar-refractivity contribution in [3.8, 4) is 0 Å². The van der Waals surface area contributed by atoms with Crippen LogP contribution in [0.25, 0.3) is 0 Å². The Morgan fingerprint density at radius 2 is 1.84 bits per heavy atom. The molecule has 0 aromatic heterocycles. The number of hydrogen-bond donors (Lipinski definition) is 0. The molecule has 1 nitrogen and oxygen atoms in total. The molecular formula is C14H18ClF3O. The molecule has 0 heterocycles. The third kappa shape index (κ3) is 4.69. The molecule has 0 aliphatic rings. The van der Waals surface area contributed by atoms with Crippen molar-refractivity contribution in [1.82, 2.24) is 0 Å². The Bertz CT molecular complexity index is 418. The molecule has 0 radical (unpaired) electrons. The van der Waals surface area contributed by atoms with Crippen LogP contribution in [0.2, 0.25) is 5.02 Å². The highest BCUT2D eigenvalue weighted by Gasteiger charge is 2.33. The van der Waals surface area contributed by atoms with Crippen molar-refractivity contribution in [2.75, 3.05) is 0 Å². The van der Waals surface area contributed by atoms with Crippen LogP contribution in [0.5, 0.6) is 0 Å². The van der Waals surface area contributed by atoms with E-state index in [9.17, 15) is 13.2 Å². The van der Waals surface area contributed by atoms with Gasteiger partial charge in [-0.2, -0.15) is 13.2 Å². The molecule has 1 rings (SSSR count). The van der Waals surface area contributed by atoms with Gasteiger partial charge in [0.1, 0.15) is 0 Å². The number of benzene rings is 1. The van der Waals surface area contributed by atoms with Crippen molar-refractivity contribution >= 4 is 11.6 Å². The second-order valence-electron chi connectivity index (χ2n) is 4.65. The molecule has 0 N–H and O–H groups in total. The molecule has 108 valence electrons. The van der Waals surface area contributed by atoms with Gasteiger partial charge in [0.25, 0.3) is 0 Å². The fourth-order valence-corrected chi connectivity index (χ4v) is 2.12. The second-order valence-corrected chi connectivity index (χ2v) is 5.02. The Hall–Kier alpha value is -0.740. The third-order valence-electron chi connectivity index (χ3n) is 2.93. The van der Waals surface area contributed by atoms with Gasteiger partial charge in [-0.25, -0.2) is 0 Å². The maximum atomic E-state index is 12.7. The van der Waals surface area contributed by atoms with Crippen LogP contribution in [0, 0.1) is 0 Å². The van der Waals surface area contributed by atoms with Crippen molar-refractivity contribution in [3.63, 3.8) is 0 Å². The van der Waals surface area contributed by atoms with Crippen molar-refractivity contribution in [2.45, 2.75) is 52.0 Å². The molecule has 0 aliphatic heterocycles. The summed E-state index contributed by atoms with van der Waals surface area (Å²) in [4.78, 5) is 0. The fourth-order valence-electron chi connectivity index (χ4n) is 1.81. The molecule has 2 atom stereocenters. The maximum Gasteiger partial charge on any atom is 0.417 e. The number of halogens is 4. The smallest absolute Gasteiger partial charge is 0.375 e. The van der Waals surface area contributed by atoms with E-state index >= 15 is 0 Å². The van der Waals surface area contributed by atoms with E-state index in [0.717, 1.165) is 12.5 Å². The zero-order chi connectivity index (χ0) is 14.6. The van der Waals surface area contributed by atoms with Gasteiger partial charge >= 0.3 is 6.18 Å². The summed E-state index contributed by atoms with van der Waals surface area (Å²) in [6.07, 6.45) is -3.28. The van der Waals surface area contributed by atoms with Crippen molar-refractivity contribution in [2.24, 2.45) is 0 Å². The van der Waals surface area contributed by atoms with Crippen molar-refractivity contribution in [1.29, 1.82) is 0 Å². The number of rotatable bonds is 5. The second kappa shape index (κ2) is 6.62. The Labute approximate surface area is 116 Å². The van der Waals surface area contributed by atoms with Crippen molar-refractivity contribution in [3.05, 3.63) is 34.3 Å². The van der Waals surface area contributed by atoms with Gasteiger partial charge in [-0.1, -0.05) is 30.7 Å². The summed E-state index contributed by atoms with van der Waals surface area (Å²) in [5, 5.41) is -0.227. The first-order valence-electron chi connectivity index (χ1n) is 6.25. The molecule has 0 spiro atoms. The Balaban J connectivity index is 2.85. The average molecular weight is 295 g/mol. The topological polar surface area (TPSA) is 9.23 Å². The van der Waals surface area contributed by atoms with Gasteiger partial charge in [-0.05, 0) is 38.3 Å². The number of hydrogen-bond acceptors (Lipinski definition) is 1. The fraction of sp³-hybridized carbons (Fsp3) is 0.571. The van der Waals surface area contributed by atoms with Crippen LogP contribution >= 0.6 is 11.6 Å². The van der Waals surface area contributed by atoms with E-state index in [1.54, 1.807) is 6.07 Å². The number of alkyl halides is 3. The minimum Gasteiger partial charge on any atom is -0.375 e. The van der Waals surface area contributed by atoms with Crippen LogP contribution < -0.4 is 0 Å². The monoisotopic (exact) mass is 294 g/mol. The van der Waals surface area contributed by atoms with Crippen LogP contribution in [-0.4, -0.2) is 12.2 Å². The van der Waals surface area contributed by atoms with Crippen LogP contribution in [0.3, 0.4) is 0 Å². The summed E-state index contributed by atoms with van der Waals surface area (Å²) in [5.41, 5.74) is -0.324. The lowest BCUT2D eigenvalue weighted by molar-refractivity contribution is -0.137. The zero-order valence-corrected chi connectivity index (χ0v) is 12.0. The summed E-state index contributed by atoms with van der Waals surface area (Å²) in [7, 11) is 0. The molecular weight excluding hydrogens is 277 g/mol. The van der Waals surface area contributed by atoms with Gasteiger partial charge < -0.3 is 4.74 Å². The van der Waals surface area contributed by atoms with E-state index < -0.39 is 11.7 Å². The lowest BCUT2D eigenvalue weighted by Crippen LogP contribution is -2.19. The van der Waals surface area contributed by atoms with E-state index in [-0.39, 0.29) is 17.2 Å². The SMILES string of the molecule is CCC(C)OC(C)Cc1cccc(C(F)(F)F)c1Cl. The standard InChI is InChI=1S/C14H18ClF3O/c1-4-9(2)19-10(3)8-11-6-5-7-12(13(11)15)14(16,17)18/h5-7,9-10H,4,8H2,1-3H3. The molecule has 0 fully saturated rings. The highest BCUT2D eigenvalue weighted by atomic mass is 35.5. The lowest BCUT2D eigenvalue weighted by Gasteiger charge is -2.19. The quantitative estimate of drug-likeness (QED) is 0.733. The molecule has 0 aliphatic carbocycles. The van der Waals surface area contributed by atoms with Gasteiger partial charge in [0.05, 0.1) is 22.8 Å². The predicted octanol–water partition coefficient (Wildman–Crippen LogP) is 5.10. The van der Waals surface area contributed by atoms with E-state index in [4.69, 9.17) is 16.3 Å². The van der Waals surface area contributed by atoms with Gasteiger partial charge in [0, 0.05) is 0 Å². The van der Waals surface area contributed by atoms with E-state index in [1.807, 2.05) is 20.8 Å². The van der Waals surface area contributed by atoms with Gasteiger partial charge in [0.2, 0.25) is 0 Å². The normalized spacial score (nSPS) is 15.3. The molecule has 0 saturated carbocycles. The van der Waals surface area contributed by atoms with E-state index in [0.29, 0.717) is 12.0 Å². The minimum absolute atomic E-state index is 0.0829. The maximum absolute atomic E-state index is 12.7. The molecule has 0 bridgehead atoms. The van der Waals surface area contributed by atoms with E-state index in [1.165, 1.54) is 6.07 Å². The van der Waals surface area contributed by atoms with Crippen LogP contribution in [-0.2, 0) is 17.3 Å². The Morgan fingerprint density at radius 1 is 1.21 bits per heavy atom. The van der Waals surface area contributed by atoms with Crippen molar-refractivity contribution < 1.29 is 17.9 Å². The average Bonchev–Trinajstić information content (AvgIpc) is 2.30. The van der Waals surface area contributed by atoms with Gasteiger partial charge in [-0.3, -0.25) is 0 Å². The molecule has 1 aromatic carbocycles. The van der Waals surface area contributed by atoms with Gasteiger partial charge in [0.15, 0.2) is 0 Å². The summed E-state index contributed by atoms with van der Waals surface area (Å²) >= 11 is 5.83. The summed E-state index contributed by atoms with van der Waals surface area (Å²) in [5.74, 6) is 0. The predicted molar refractivity (Wildman–Crippen MR) is 70.5 cm³/mol. The third-order valence-corrected chi connectivity index (χ3v) is 3.38. The first-order valence-corrected chi connectivity index (χ1v) is 6.63. The lowest BCUT2D eigenvalue weighted by atomic mass is 10.0. The highest BCUT2D eigenvalue weighted by Crippen LogP contribution is 2.36. The summed E-state index contributed by atoms with van der Waals surface area (Å²) in [6, 6.07) is 3.97. The first-order chi connectivity index (χ1) is 8.75. The van der Waals surface area contributed by atoms with E-state index in [2.05, 4.69) is 0 Å². The molecule has 0 saturated heterocycles.